The molecule has 0 radical (unpaired) electrons. The average molecular weight is 498 g/mol. The molecule has 1 saturated heterocycles. The Balaban J connectivity index is 1.07. The van der Waals surface area contributed by atoms with E-state index < -0.39 is 0 Å². The van der Waals surface area contributed by atoms with E-state index >= 15 is 0 Å². The van der Waals surface area contributed by atoms with Crippen molar-refractivity contribution in [3.05, 3.63) is 95.9 Å². The summed E-state index contributed by atoms with van der Waals surface area (Å²) in [5, 5.41) is 2.86. The molecule has 0 spiro atoms. The van der Waals surface area contributed by atoms with Crippen LogP contribution in [0.25, 0.3) is 5.65 Å². The maximum atomic E-state index is 12.7. The summed E-state index contributed by atoms with van der Waals surface area (Å²) in [5.74, 6) is 0.427. The van der Waals surface area contributed by atoms with Crippen molar-refractivity contribution in [3.63, 3.8) is 0 Å². The van der Waals surface area contributed by atoms with Gasteiger partial charge >= 0.3 is 0 Å². The average Bonchev–Trinajstić information content (AvgIpc) is 3.34. The van der Waals surface area contributed by atoms with Crippen LogP contribution in [-0.4, -0.2) is 58.8 Å². The lowest BCUT2D eigenvalue weighted by Gasteiger charge is -2.36. The summed E-state index contributed by atoms with van der Waals surface area (Å²) in [6.07, 6.45) is 4.24. The Morgan fingerprint density at radius 3 is 2.57 bits per heavy atom. The summed E-state index contributed by atoms with van der Waals surface area (Å²) in [6, 6.07) is 21.3. The number of ether oxygens (including phenoxy) is 1. The molecule has 190 valence electrons. The first-order valence-electron chi connectivity index (χ1n) is 12.6. The standard InChI is InChI=1S/C29H31N5O3/c1-22-10-11-27-31-24(20-34(27)19-22)21-37-26-9-5-6-23(18-26)29(36)30-13-12-28(35)33-16-14-32(15-17-33)25-7-3-2-4-8-25/h2-11,18-20H,12-17,21H2,1H3,(H,30,36). The lowest BCUT2D eigenvalue weighted by molar-refractivity contribution is -0.131. The molecule has 1 N–H and O–H groups in total. The highest BCUT2D eigenvalue weighted by Gasteiger charge is 2.21. The third kappa shape index (κ3) is 6.09. The van der Waals surface area contributed by atoms with Crippen LogP contribution in [0.5, 0.6) is 5.75 Å². The number of nitrogens with zero attached hydrogens (tertiary/aromatic N) is 4. The monoisotopic (exact) mass is 497 g/mol. The van der Waals surface area contributed by atoms with E-state index in [9.17, 15) is 9.59 Å². The van der Waals surface area contributed by atoms with Gasteiger partial charge in [-0.3, -0.25) is 9.59 Å². The van der Waals surface area contributed by atoms with Crippen LogP contribution in [0.3, 0.4) is 0 Å². The van der Waals surface area contributed by atoms with Gasteiger partial charge in [0.25, 0.3) is 5.91 Å². The van der Waals surface area contributed by atoms with Crippen molar-refractivity contribution in [3.8, 4) is 5.75 Å². The molecule has 0 aliphatic carbocycles. The van der Waals surface area contributed by atoms with E-state index in [1.165, 1.54) is 5.69 Å². The first-order chi connectivity index (χ1) is 18.0. The molecule has 2 aromatic carbocycles. The second kappa shape index (κ2) is 11.2. The summed E-state index contributed by atoms with van der Waals surface area (Å²) in [5.41, 5.74) is 4.51. The van der Waals surface area contributed by atoms with Crippen molar-refractivity contribution >= 4 is 23.1 Å². The Kier molecular flexibility index (Phi) is 7.35. The number of pyridine rings is 1. The van der Waals surface area contributed by atoms with Crippen molar-refractivity contribution in [1.29, 1.82) is 0 Å². The fraction of sp³-hybridized carbons (Fsp3) is 0.276. The number of para-hydroxylation sites is 1. The second-order valence-corrected chi connectivity index (χ2v) is 9.23. The van der Waals surface area contributed by atoms with Gasteiger partial charge in [0, 0.05) is 62.8 Å². The minimum atomic E-state index is -0.227. The van der Waals surface area contributed by atoms with Gasteiger partial charge in [-0.05, 0) is 48.9 Å². The van der Waals surface area contributed by atoms with E-state index in [0.717, 1.165) is 30.0 Å². The molecule has 8 heteroatoms. The topological polar surface area (TPSA) is 79.2 Å². The predicted octanol–water partition coefficient (Wildman–Crippen LogP) is 3.69. The Hall–Kier alpha value is -4.33. The number of benzene rings is 2. The number of piperazine rings is 1. The van der Waals surface area contributed by atoms with E-state index in [2.05, 4.69) is 27.3 Å². The van der Waals surface area contributed by atoms with Gasteiger partial charge in [0.1, 0.15) is 18.0 Å². The Labute approximate surface area is 216 Å². The van der Waals surface area contributed by atoms with Crippen LogP contribution in [0.15, 0.2) is 79.1 Å². The number of aromatic nitrogens is 2. The van der Waals surface area contributed by atoms with E-state index in [0.29, 0.717) is 37.6 Å². The zero-order valence-corrected chi connectivity index (χ0v) is 21.0. The van der Waals surface area contributed by atoms with E-state index in [1.807, 2.05) is 65.0 Å². The smallest absolute Gasteiger partial charge is 0.251 e. The lowest BCUT2D eigenvalue weighted by Crippen LogP contribution is -2.49. The number of hydrogen-bond donors (Lipinski definition) is 1. The molecule has 37 heavy (non-hydrogen) atoms. The highest BCUT2D eigenvalue weighted by Crippen LogP contribution is 2.17. The van der Waals surface area contributed by atoms with Gasteiger partial charge in [0.2, 0.25) is 5.91 Å². The molecule has 0 bridgehead atoms. The maximum absolute atomic E-state index is 12.7. The minimum Gasteiger partial charge on any atom is -0.487 e. The quantitative estimate of drug-likeness (QED) is 0.402. The maximum Gasteiger partial charge on any atom is 0.251 e. The minimum absolute atomic E-state index is 0.0627. The largest absolute Gasteiger partial charge is 0.487 e. The SMILES string of the molecule is Cc1ccc2nc(COc3cccc(C(=O)NCCC(=O)N4CCN(c5ccccc5)CC4)c3)cn2c1. The van der Waals surface area contributed by atoms with Crippen molar-refractivity contribution in [2.45, 2.75) is 20.0 Å². The van der Waals surface area contributed by atoms with Crippen molar-refractivity contribution < 1.29 is 14.3 Å². The number of fused-ring (bicyclic) bond motifs is 1. The molecular formula is C29H31N5O3. The molecule has 1 fully saturated rings. The van der Waals surface area contributed by atoms with Crippen LogP contribution in [-0.2, 0) is 11.4 Å². The fourth-order valence-electron chi connectivity index (χ4n) is 4.51. The van der Waals surface area contributed by atoms with Crippen LogP contribution in [0, 0.1) is 6.92 Å². The highest BCUT2D eigenvalue weighted by atomic mass is 16.5. The van der Waals surface area contributed by atoms with Crippen LogP contribution >= 0.6 is 0 Å². The van der Waals surface area contributed by atoms with Gasteiger partial charge < -0.3 is 24.3 Å². The number of hydrogen-bond acceptors (Lipinski definition) is 5. The zero-order valence-electron chi connectivity index (χ0n) is 21.0. The molecule has 3 heterocycles. The number of rotatable bonds is 8. The molecule has 1 aliphatic rings. The molecule has 2 amide bonds. The van der Waals surface area contributed by atoms with Crippen molar-refractivity contribution in [2.24, 2.45) is 0 Å². The number of anilines is 1. The van der Waals surface area contributed by atoms with Crippen LogP contribution in [0.1, 0.15) is 28.0 Å². The molecule has 0 saturated carbocycles. The summed E-state index contributed by atoms with van der Waals surface area (Å²) in [4.78, 5) is 34.0. The Morgan fingerprint density at radius 2 is 1.76 bits per heavy atom. The number of nitrogens with one attached hydrogen (secondary N) is 1. The van der Waals surface area contributed by atoms with Crippen molar-refractivity contribution in [2.75, 3.05) is 37.6 Å². The normalized spacial score (nSPS) is 13.5. The highest BCUT2D eigenvalue weighted by molar-refractivity contribution is 5.94. The Morgan fingerprint density at radius 1 is 0.946 bits per heavy atom. The first kappa shape index (κ1) is 24.4. The molecule has 5 rings (SSSR count). The summed E-state index contributed by atoms with van der Waals surface area (Å²) < 4.78 is 7.86. The molecule has 2 aromatic heterocycles. The van der Waals surface area contributed by atoms with Gasteiger partial charge in [0.05, 0.1) is 5.69 Å². The van der Waals surface area contributed by atoms with E-state index in [-0.39, 0.29) is 18.2 Å². The van der Waals surface area contributed by atoms with Crippen LogP contribution in [0.2, 0.25) is 0 Å². The summed E-state index contributed by atoms with van der Waals surface area (Å²) in [6.45, 7) is 5.63. The number of amides is 2. The number of carbonyl (C=O) groups is 2. The first-order valence-corrected chi connectivity index (χ1v) is 12.6. The number of aryl methyl sites for hydroxylation is 1. The van der Waals surface area contributed by atoms with Crippen LogP contribution < -0.4 is 15.0 Å². The summed E-state index contributed by atoms with van der Waals surface area (Å²) >= 11 is 0. The van der Waals surface area contributed by atoms with Gasteiger partial charge in [-0.25, -0.2) is 4.98 Å². The van der Waals surface area contributed by atoms with Gasteiger partial charge in [-0.1, -0.05) is 30.3 Å². The second-order valence-electron chi connectivity index (χ2n) is 9.23. The van der Waals surface area contributed by atoms with Gasteiger partial charge in [-0.15, -0.1) is 0 Å². The van der Waals surface area contributed by atoms with Crippen molar-refractivity contribution in [1.82, 2.24) is 19.6 Å². The molecule has 4 aromatic rings. The molecule has 1 aliphatic heterocycles. The molecule has 0 atom stereocenters. The molecular weight excluding hydrogens is 466 g/mol. The number of imidazole rings is 1. The molecule has 0 unspecified atom stereocenters. The van der Waals surface area contributed by atoms with Crippen LogP contribution in [0.4, 0.5) is 5.69 Å². The predicted molar refractivity (Wildman–Crippen MR) is 143 cm³/mol. The van der Waals surface area contributed by atoms with Gasteiger partial charge in [-0.2, -0.15) is 0 Å². The van der Waals surface area contributed by atoms with E-state index in [4.69, 9.17) is 4.74 Å². The zero-order chi connectivity index (χ0) is 25.6. The summed E-state index contributed by atoms with van der Waals surface area (Å²) in [7, 11) is 0. The fourth-order valence-corrected chi connectivity index (χ4v) is 4.51. The third-order valence-electron chi connectivity index (χ3n) is 6.51. The van der Waals surface area contributed by atoms with E-state index in [1.54, 1.807) is 18.2 Å². The lowest BCUT2D eigenvalue weighted by atomic mass is 10.2. The number of carbonyl (C=O) groups excluding carboxylic acids is 2. The molecule has 8 nitrogen and oxygen atoms in total. The van der Waals surface area contributed by atoms with Gasteiger partial charge in [0.15, 0.2) is 0 Å². The Bertz CT molecular complexity index is 1380. The third-order valence-corrected chi connectivity index (χ3v) is 6.51.